The zero-order chi connectivity index (χ0) is 13.8. The molecule has 5 nitrogen and oxygen atoms in total. The Labute approximate surface area is 112 Å². The Morgan fingerprint density at radius 3 is 2.68 bits per heavy atom. The molecule has 0 radical (unpaired) electrons. The highest BCUT2D eigenvalue weighted by molar-refractivity contribution is 6.58. The van der Waals surface area contributed by atoms with E-state index >= 15 is 0 Å². The van der Waals surface area contributed by atoms with Gasteiger partial charge in [0.1, 0.15) is 18.2 Å². The second-order valence-corrected chi connectivity index (χ2v) is 4.41. The van der Waals surface area contributed by atoms with E-state index < -0.39 is 7.12 Å². The van der Waals surface area contributed by atoms with E-state index in [9.17, 15) is 0 Å². The molecule has 0 fully saturated rings. The standard InChI is InChI=1S/C13H17BN2O3/c1-10-9-12(14(17)18)3-4-13(10)19-8-7-16-6-5-15-11(16)2/h3-6,9,17-18H,7-8H2,1-2H3. The minimum Gasteiger partial charge on any atom is -0.491 e. The van der Waals surface area contributed by atoms with Crippen LogP contribution in [-0.4, -0.2) is 33.3 Å². The summed E-state index contributed by atoms with van der Waals surface area (Å²) in [5.41, 5.74) is 1.35. The Morgan fingerprint density at radius 2 is 2.11 bits per heavy atom. The molecule has 100 valence electrons. The van der Waals surface area contributed by atoms with Gasteiger partial charge < -0.3 is 19.4 Å². The summed E-state index contributed by atoms with van der Waals surface area (Å²) >= 11 is 0. The second kappa shape index (κ2) is 5.90. The molecule has 0 saturated carbocycles. The summed E-state index contributed by atoms with van der Waals surface area (Å²) in [6.45, 7) is 5.10. The SMILES string of the molecule is Cc1cc(B(O)O)ccc1OCCn1ccnc1C. The van der Waals surface area contributed by atoms with Gasteiger partial charge in [-0.15, -0.1) is 0 Å². The molecule has 0 amide bonds. The lowest BCUT2D eigenvalue weighted by atomic mass is 9.79. The third kappa shape index (κ3) is 3.36. The third-order valence-electron chi connectivity index (χ3n) is 3.01. The number of aryl methyl sites for hydroxylation is 2. The van der Waals surface area contributed by atoms with Crippen molar-refractivity contribution < 1.29 is 14.8 Å². The van der Waals surface area contributed by atoms with Crippen LogP contribution in [0, 0.1) is 13.8 Å². The van der Waals surface area contributed by atoms with Gasteiger partial charge in [0.25, 0.3) is 0 Å². The summed E-state index contributed by atoms with van der Waals surface area (Å²) in [5.74, 6) is 1.71. The number of nitrogens with zero attached hydrogens (tertiary/aromatic N) is 2. The number of hydrogen-bond acceptors (Lipinski definition) is 4. The summed E-state index contributed by atoms with van der Waals surface area (Å²) in [7, 11) is -1.44. The van der Waals surface area contributed by atoms with Crippen LogP contribution in [0.3, 0.4) is 0 Å². The highest BCUT2D eigenvalue weighted by Crippen LogP contribution is 2.15. The fraction of sp³-hybridized carbons (Fsp3) is 0.308. The fourth-order valence-electron chi connectivity index (χ4n) is 1.89. The van der Waals surface area contributed by atoms with Crippen molar-refractivity contribution in [3.8, 4) is 5.75 Å². The van der Waals surface area contributed by atoms with Gasteiger partial charge in [0.2, 0.25) is 0 Å². The first kappa shape index (κ1) is 13.6. The monoisotopic (exact) mass is 260 g/mol. The Kier molecular flexibility index (Phi) is 4.24. The molecule has 0 unspecified atom stereocenters. The Morgan fingerprint density at radius 1 is 1.32 bits per heavy atom. The van der Waals surface area contributed by atoms with Gasteiger partial charge in [-0.2, -0.15) is 0 Å². The van der Waals surface area contributed by atoms with Crippen LogP contribution in [0.25, 0.3) is 0 Å². The summed E-state index contributed by atoms with van der Waals surface area (Å²) in [6.07, 6.45) is 3.68. The van der Waals surface area contributed by atoms with Crippen molar-refractivity contribution in [1.29, 1.82) is 0 Å². The fourth-order valence-corrected chi connectivity index (χ4v) is 1.89. The average Bonchev–Trinajstić information content (AvgIpc) is 2.77. The van der Waals surface area contributed by atoms with Crippen molar-refractivity contribution in [2.75, 3.05) is 6.61 Å². The molecule has 1 heterocycles. The molecule has 0 aliphatic heterocycles. The molecule has 1 aromatic heterocycles. The molecule has 0 spiro atoms. The van der Waals surface area contributed by atoms with Crippen LogP contribution in [0.4, 0.5) is 0 Å². The molecule has 0 bridgehead atoms. The number of benzene rings is 1. The van der Waals surface area contributed by atoms with Gasteiger partial charge in [-0.05, 0) is 30.9 Å². The van der Waals surface area contributed by atoms with Gasteiger partial charge >= 0.3 is 7.12 Å². The van der Waals surface area contributed by atoms with Crippen molar-refractivity contribution in [1.82, 2.24) is 9.55 Å². The molecule has 0 aliphatic carbocycles. The first-order valence-electron chi connectivity index (χ1n) is 6.15. The zero-order valence-electron chi connectivity index (χ0n) is 11.1. The van der Waals surface area contributed by atoms with E-state index in [0.29, 0.717) is 12.1 Å². The van der Waals surface area contributed by atoms with Crippen LogP contribution in [0.5, 0.6) is 5.75 Å². The first-order valence-corrected chi connectivity index (χ1v) is 6.15. The molecule has 2 rings (SSSR count). The second-order valence-electron chi connectivity index (χ2n) is 4.41. The van der Waals surface area contributed by atoms with Gasteiger partial charge in [0.15, 0.2) is 0 Å². The summed E-state index contributed by atoms with van der Waals surface area (Å²) in [6, 6.07) is 5.11. The van der Waals surface area contributed by atoms with E-state index in [0.717, 1.165) is 23.7 Å². The van der Waals surface area contributed by atoms with Crippen LogP contribution in [-0.2, 0) is 6.54 Å². The molecular formula is C13H17BN2O3. The zero-order valence-corrected chi connectivity index (χ0v) is 11.1. The largest absolute Gasteiger partial charge is 0.491 e. The van der Waals surface area contributed by atoms with E-state index in [1.807, 2.05) is 24.6 Å². The Hall–Kier alpha value is -1.79. The molecule has 6 heteroatoms. The molecule has 0 aliphatic rings. The maximum absolute atomic E-state index is 9.08. The maximum Gasteiger partial charge on any atom is 0.488 e. The predicted octanol–water partition coefficient (Wildman–Crippen LogP) is 0.259. The van der Waals surface area contributed by atoms with Crippen molar-refractivity contribution in [3.05, 3.63) is 42.0 Å². The van der Waals surface area contributed by atoms with Gasteiger partial charge in [0.05, 0.1) is 6.54 Å². The summed E-state index contributed by atoms with van der Waals surface area (Å²) in [5, 5.41) is 18.2. The van der Waals surface area contributed by atoms with Crippen LogP contribution >= 0.6 is 0 Å². The maximum atomic E-state index is 9.08. The van der Waals surface area contributed by atoms with E-state index in [1.54, 1.807) is 24.4 Å². The van der Waals surface area contributed by atoms with Gasteiger partial charge in [-0.1, -0.05) is 12.1 Å². The molecule has 0 saturated heterocycles. The lowest BCUT2D eigenvalue weighted by Crippen LogP contribution is -2.29. The number of hydrogen-bond donors (Lipinski definition) is 2. The average molecular weight is 260 g/mol. The number of imidazole rings is 1. The van der Waals surface area contributed by atoms with Crippen LogP contribution in [0.2, 0.25) is 0 Å². The number of ether oxygens (including phenoxy) is 1. The van der Waals surface area contributed by atoms with Gasteiger partial charge in [-0.3, -0.25) is 0 Å². The molecule has 2 aromatic rings. The van der Waals surface area contributed by atoms with Gasteiger partial charge in [-0.25, -0.2) is 4.98 Å². The third-order valence-corrected chi connectivity index (χ3v) is 3.01. The minimum atomic E-state index is -1.44. The predicted molar refractivity (Wildman–Crippen MR) is 73.5 cm³/mol. The van der Waals surface area contributed by atoms with Crippen molar-refractivity contribution in [2.45, 2.75) is 20.4 Å². The molecule has 19 heavy (non-hydrogen) atoms. The van der Waals surface area contributed by atoms with Crippen LogP contribution < -0.4 is 10.2 Å². The normalized spacial score (nSPS) is 10.5. The molecule has 1 aromatic carbocycles. The van der Waals surface area contributed by atoms with E-state index in [2.05, 4.69) is 4.98 Å². The van der Waals surface area contributed by atoms with Crippen molar-refractivity contribution in [3.63, 3.8) is 0 Å². The smallest absolute Gasteiger partial charge is 0.488 e. The van der Waals surface area contributed by atoms with Crippen molar-refractivity contribution in [2.24, 2.45) is 0 Å². The lowest BCUT2D eigenvalue weighted by molar-refractivity contribution is 0.295. The molecular weight excluding hydrogens is 243 g/mol. The van der Waals surface area contributed by atoms with Crippen molar-refractivity contribution >= 4 is 12.6 Å². The highest BCUT2D eigenvalue weighted by atomic mass is 16.5. The molecule has 2 N–H and O–H groups in total. The topological polar surface area (TPSA) is 67.5 Å². The Balaban J connectivity index is 1.95. The summed E-state index contributed by atoms with van der Waals surface area (Å²) < 4.78 is 7.70. The quantitative estimate of drug-likeness (QED) is 0.757. The van der Waals surface area contributed by atoms with E-state index in [1.165, 1.54) is 0 Å². The lowest BCUT2D eigenvalue weighted by Gasteiger charge is -2.11. The van der Waals surface area contributed by atoms with Crippen LogP contribution in [0.1, 0.15) is 11.4 Å². The minimum absolute atomic E-state index is 0.468. The van der Waals surface area contributed by atoms with Crippen LogP contribution in [0.15, 0.2) is 30.6 Å². The number of aromatic nitrogens is 2. The van der Waals surface area contributed by atoms with Gasteiger partial charge in [0, 0.05) is 12.4 Å². The van der Waals surface area contributed by atoms with E-state index in [4.69, 9.17) is 14.8 Å². The number of rotatable bonds is 5. The van der Waals surface area contributed by atoms with E-state index in [-0.39, 0.29) is 0 Å². The Bertz CT molecular complexity index is 555. The highest BCUT2D eigenvalue weighted by Gasteiger charge is 2.12. The molecule has 0 atom stereocenters. The first-order chi connectivity index (χ1) is 9.08. The summed E-state index contributed by atoms with van der Waals surface area (Å²) in [4.78, 5) is 4.14.